The molecule has 2 aromatic carbocycles. The lowest BCUT2D eigenvalue weighted by Crippen LogP contribution is -2.34. The smallest absolute Gasteiger partial charge is 0.407 e. The molecule has 0 spiro atoms. The van der Waals surface area contributed by atoms with Crippen molar-refractivity contribution in [1.82, 2.24) is 15.3 Å². The lowest BCUT2D eigenvalue weighted by molar-refractivity contribution is 0.0825. The predicted molar refractivity (Wildman–Crippen MR) is 121 cm³/mol. The van der Waals surface area contributed by atoms with E-state index in [1.54, 1.807) is 30.3 Å². The van der Waals surface area contributed by atoms with E-state index in [9.17, 15) is 14.3 Å². The lowest BCUT2D eigenvalue weighted by atomic mass is 10.1. The number of hydrogen-bond donors (Lipinski definition) is 2. The summed E-state index contributed by atoms with van der Waals surface area (Å²) < 4.78 is 24.6. The summed E-state index contributed by atoms with van der Waals surface area (Å²) in [4.78, 5) is 23.4. The number of rotatable bonds is 5. The fraction of sp³-hybridized carbons (Fsp3) is 0.375. The van der Waals surface area contributed by atoms with Crippen LogP contribution >= 0.6 is 0 Å². The molecule has 1 amide bonds. The number of fused-ring (bicyclic) bond motifs is 1. The number of nitrogens with one attached hydrogen (secondary N) is 1. The minimum Gasteiger partial charge on any atom is -0.507 e. The van der Waals surface area contributed by atoms with Crippen LogP contribution in [0, 0.1) is 11.7 Å². The zero-order valence-electron chi connectivity index (χ0n) is 18.0. The maximum Gasteiger partial charge on any atom is 0.407 e. The van der Waals surface area contributed by atoms with Crippen molar-refractivity contribution in [2.45, 2.75) is 18.9 Å². The summed E-state index contributed by atoms with van der Waals surface area (Å²) in [5, 5.41) is 13.7. The Balaban J connectivity index is 1.35. The summed E-state index contributed by atoms with van der Waals surface area (Å²) in [6, 6.07) is 11.3. The number of carbonyl (C=O) groups is 1. The molecule has 3 heterocycles. The highest BCUT2D eigenvalue weighted by molar-refractivity contribution is 5.91. The Labute approximate surface area is 190 Å². The Kier molecular flexibility index (Phi) is 5.95. The molecule has 0 radical (unpaired) electrons. The van der Waals surface area contributed by atoms with Gasteiger partial charge >= 0.3 is 6.09 Å². The summed E-state index contributed by atoms with van der Waals surface area (Å²) in [5.74, 6) is 0.917. The average Bonchev–Trinajstić information content (AvgIpc) is 3.50. The van der Waals surface area contributed by atoms with Gasteiger partial charge in [-0.2, -0.15) is 0 Å². The molecule has 2 fully saturated rings. The highest BCUT2D eigenvalue weighted by atomic mass is 19.1. The van der Waals surface area contributed by atoms with Crippen LogP contribution in [0.2, 0.25) is 0 Å². The van der Waals surface area contributed by atoms with Crippen molar-refractivity contribution in [3.05, 3.63) is 48.3 Å². The monoisotopic (exact) mass is 452 g/mol. The Morgan fingerprint density at radius 2 is 2.12 bits per heavy atom. The molecule has 0 aliphatic carbocycles. The van der Waals surface area contributed by atoms with Crippen LogP contribution in [-0.4, -0.2) is 60.1 Å². The Morgan fingerprint density at radius 3 is 2.94 bits per heavy atom. The van der Waals surface area contributed by atoms with Crippen LogP contribution in [0.3, 0.4) is 0 Å². The number of alkyl carbamates (subject to hydrolysis) is 1. The van der Waals surface area contributed by atoms with Crippen LogP contribution in [0.25, 0.3) is 22.3 Å². The number of phenols is 1. The van der Waals surface area contributed by atoms with Gasteiger partial charge in [-0.25, -0.2) is 19.2 Å². The number of benzene rings is 2. The third-order valence-corrected chi connectivity index (χ3v) is 6.06. The van der Waals surface area contributed by atoms with Crippen molar-refractivity contribution in [3.63, 3.8) is 0 Å². The van der Waals surface area contributed by atoms with E-state index < -0.39 is 6.09 Å². The van der Waals surface area contributed by atoms with Gasteiger partial charge in [0.2, 0.25) is 0 Å². The highest BCUT2D eigenvalue weighted by Crippen LogP contribution is 2.33. The normalized spacial score (nSPS) is 20.3. The number of aromatic hydroxyl groups is 1. The van der Waals surface area contributed by atoms with Gasteiger partial charge in [-0.1, -0.05) is 12.1 Å². The quantitative estimate of drug-likeness (QED) is 0.612. The minimum absolute atomic E-state index is 0.0829. The molecule has 8 nitrogen and oxygen atoms in total. The molecule has 33 heavy (non-hydrogen) atoms. The largest absolute Gasteiger partial charge is 0.507 e. The van der Waals surface area contributed by atoms with E-state index in [-0.39, 0.29) is 23.6 Å². The molecular formula is C24H25FN4O4. The number of anilines is 1. The summed E-state index contributed by atoms with van der Waals surface area (Å²) in [6.07, 6.45) is 0.960. The van der Waals surface area contributed by atoms with Gasteiger partial charge < -0.3 is 24.8 Å². The third-order valence-electron chi connectivity index (χ3n) is 6.06. The predicted octanol–water partition coefficient (Wildman–Crippen LogP) is 3.48. The molecule has 3 aromatic rings. The number of hydrogen-bond acceptors (Lipinski definition) is 7. The number of nitrogens with zero attached hydrogens (tertiary/aromatic N) is 3. The van der Waals surface area contributed by atoms with Crippen LogP contribution < -0.4 is 10.2 Å². The van der Waals surface area contributed by atoms with Crippen molar-refractivity contribution in [2.75, 3.05) is 37.7 Å². The second-order valence-electron chi connectivity index (χ2n) is 8.42. The van der Waals surface area contributed by atoms with Gasteiger partial charge in [0, 0.05) is 31.4 Å². The molecular weight excluding hydrogens is 427 g/mol. The first-order chi connectivity index (χ1) is 16.1. The fourth-order valence-corrected chi connectivity index (χ4v) is 4.33. The standard InChI is InChI=1S/C24H25FN4O4/c25-16-5-6-20-19(11-16)23(28-22(27-20)18-3-1-2-4-21(18)30)29-9-7-15(13-29)12-26-24(31)33-17-8-10-32-14-17/h1-6,11,15,17,30H,7-10,12-14H2,(H,26,31). The van der Waals surface area contributed by atoms with Gasteiger partial charge in [0.1, 0.15) is 23.5 Å². The van der Waals surface area contributed by atoms with E-state index in [4.69, 9.17) is 14.5 Å². The van der Waals surface area contributed by atoms with Gasteiger partial charge in [0.05, 0.1) is 24.3 Å². The van der Waals surface area contributed by atoms with Crippen LogP contribution in [0.5, 0.6) is 5.75 Å². The number of amides is 1. The summed E-state index contributed by atoms with van der Waals surface area (Å²) in [7, 11) is 0. The zero-order chi connectivity index (χ0) is 22.8. The van der Waals surface area contributed by atoms with Crippen molar-refractivity contribution in [3.8, 4) is 17.1 Å². The third kappa shape index (κ3) is 4.68. The second kappa shape index (κ2) is 9.19. The molecule has 5 rings (SSSR count). The molecule has 2 aliphatic heterocycles. The molecule has 2 unspecified atom stereocenters. The SMILES string of the molecule is O=C(NCC1CCN(c2nc(-c3ccccc3O)nc3ccc(F)cc23)C1)OC1CCOC1. The summed E-state index contributed by atoms with van der Waals surface area (Å²) in [6.45, 7) is 2.90. The number of ether oxygens (including phenoxy) is 2. The second-order valence-corrected chi connectivity index (χ2v) is 8.42. The number of halogens is 1. The first-order valence-corrected chi connectivity index (χ1v) is 11.1. The van der Waals surface area contributed by atoms with E-state index >= 15 is 0 Å². The number of carbonyl (C=O) groups excluding carboxylic acids is 1. The average molecular weight is 452 g/mol. The van der Waals surface area contributed by atoms with Gasteiger partial charge in [0.25, 0.3) is 0 Å². The maximum absolute atomic E-state index is 14.1. The van der Waals surface area contributed by atoms with Crippen LogP contribution in [-0.2, 0) is 9.47 Å². The maximum atomic E-state index is 14.1. The molecule has 0 saturated carbocycles. The number of para-hydroxylation sites is 1. The zero-order valence-corrected chi connectivity index (χ0v) is 18.0. The first kappa shape index (κ1) is 21.4. The van der Waals surface area contributed by atoms with Gasteiger partial charge in [0.15, 0.2) is 5.82 Å². The molecule has 172 valence electrons. The molecule has 0 bridgehead atoms. The van der Waals surface area contributed by atoms with Crippen molar-refractivity contribution in [2.24, 2.45) is 5.92 Å². The van der Waals surface area contributed by atoms with Crippen molar-refractivity contribution < 1.29 is 23.8 Å². The van der Waals surface area contributed by atoms with Crippen LogP contribution in [0.15, 0.2) is 42.5 Å². The Hall–Kier alpha value is -3.46. The van der Waals surface area contributed by atoms with Crippen molar-refractivity contribution in [1.29, 1.82) is 0 Å². The van der Waals surface area contributed by atoms with Crippen LogP contribution in [0.1, 0.15) is 12.8 Å². The van der Waals surface area contributed by atoms with Crippen molar-refractivity contribution >= 4 is 22.8 Å². The lowest BCUT2D eigenvalue weighted by Gasteiger charge is -2.21. The number of aromatic nitrogens is 2. The van der Waals surface area contributed by atoms with E-state index in [2.05, 4.69) is 15.2 Å². The molecule has 2 N–H and O–H groups in total. The van der Waals surface area contributed by atoms with E-state index in [1.165, 1.54) is 12.1 Å². The Morgan fingerprint density at radius 1 is 1.24 bits per heavy atom. The summed E-state index contributed by atoms with van der Waals surface area (Å²) in [5.41, 5.74) is 1.12. The highest BCUT2D eigenvalue weighted by Gasteiger charge is 2.27. The molecule has 9 heteroatoms. The van der Waals surface area contributed by atoms with E-state index in [1.807, 2.05) is 0 Å². The first-order valence-electron chi connectivity index (χ1n) is 11.1. The fourth-order valence-electron chi connectivity index (χ4n) is 4.33. The minimum atomic E-state index is -0.430. The van der Waals surface area contributed by atoms with Gasteiger partial charge in [-0.05, 0) is 42.7 Å². The molecule has 2 saturated heterocycles. The van der Waals surface area contributed by atoms with Gasteiger partial charge in [-0.15, -0.1) is 0 Å². The molecule has 2 atom stereocenters. The molecule has 2 aliphatic rings. The topological polar surface area (TPSA) is 96.8 Å². The molecule has 1 aromatic heterocycles. The van der Waals surface area contributed by atoms with Gasteiger partial charge in [-0.3, -0.25) is 0 Å². The van der Waals surface area contributed by atoms with E-state index in [0.717, 1.165) is 12.8 Å². The Bertz CT molecular complexity index is 1170. The van der Waals surface area contributed by atoms with E-state index in [0.29, 0.717) is 61.0 Å². The van der Waals surface area contributed by atoms with Crippen LogP contribution in [0.4, 0.5) is 15.0 Å². The summed E-state index contributed by atoms with van der Waals surface area (Å²) >= 11 is 0. The number of phenolic OH excluding ortho intramolecular Hbond substituents is 1.